The molecule has 1 aromatic carbocycles. The van der Waals surface area contributed by atoms with Crippen LogP contribution < -0.4 is 15.2 Å². The molecule has 0 unspecified atom stereocenters. The molecule has 0 aliphatic heterocycles. The number of nitrogens with two attached hydrogens (primary N) is 1. The number of hydrogen-bond acceptors (Lipinski definition) is 3. The number of methoxy groups -OCH3 is 2. The molecular formula is C10H15Br2NO2Pb. The van der Waals surface area contributed by atoms with Gasteiger partial charge in [-0.2, -0.15) is 0 Å². The minimum atomic E-state index is -0.292. The van der Waals surface area contributed by atoms with Crippen LogP contribution in [0.1, 0.15) is 5.56 Å². The number of halogens is 2. The van der Waals surface area contributed by atoms with E-state index in [2.05, 4.69) is 24.0 Å². The maximum absolute atomic E-state index is 5.46. The Hall–Kier alpha value is 0.662. The van der Waals surface area contributed by atoms with Crippen LogP contribution in [0.4, 0.5) is 0 Å². The summed E-state index contributed by atoms with van der Waals surface area (Å²) in [5, 5.41) is 0. The van der Waals surface area contributed by atoms with Gasteiger partial charge in [-0.1, -0.05) is 0 Å². The van der Waals surface area contributed by atoms with Crippen molar-refractivity contribution >= 4 is 43.4 Å². The summed E-state index contributed by atoms with van der Waals surface area (Å²) in [6.07, 6.45) is 0.841. The molecule has 3 nitrogen and oxygen atoms in total. The minimum absolute atomic E-state index is 0.292. The third kappa shape index (κ3) is 7.08. The van der Waals surface area contributed by atoms with E-state index in [0.29, 0.717) is 6.54 Å². The summed E-state index contributed by atoms with van der Waals surface area (Å²) in [6, 6.07) is 5.78. The van der Waals surface area contributed by atoms with Gasteiger partial charge in [0.15, 0.2) is 0 Å². The van der Waals surface area contributed by atoms with Crippen molar-refractivity contribution in [1.82, 2.24) is 0 Å². The molecule has 0 bridgehead atoms. The first kappa shape index (κ1) is 16.7. The van der Waals surface area contributed by atoms with E-state index in [9.17, 15) is 0 Å². The quantitative estimate of drug-likeness (QED) is 0.589. The second-order valence-electron chi connectivity index (χ2n) is 2.83. The third-order valence-corrected chi connectivity index (χ3v) is 1.84. The van der Waals surface area contributed by atoms with Crippen LogP contribution in [0.2, 0.25) is 0 Å². The molecule has 2 radical (unpaired) electrons. The van der Waals surface area contributed by atoms with Crippen molar-refractivity contribution in [3.63, 3.8) is 0 Å². The van der Waals surface area contributed by atoms with Gasteiger partial charge in [-0.3, -0.25) is 0 Å². The molecule has 0 heterocycles. The van der Waals surface area contributed by atoms with Gasteiger partial charge < -0.3 is 15.2 Å². The molecule has 0 saturated heterocycles. The molecule has 0 aliphatic carbocycles. The van der Waals surface area contributed by atoms with Crippen molar-refractivity contribution in [2.75, 3.05) is 20.8 Å². The van der Waals surface area contributed by atoms with E-state index in [1.54, 1.807) is 14.2 Å². The van der Waals surface area contributed by atoms with E-state index in [1.807, 2.05) is 18.2 Å². The predicted octanol–water partition coefficient (Wildman–Crippen LogP) is 2.52. The van der Waals surface area contributed by atoms with E-state index < -0.39 is 0 Å². The normalized spacial score (nSPS) is 9.06. The number of benzene rings is 1. The van der Waals surface area contributed by atoms with Gasteiger partial charge in [0.05, 0.1) is 14.2 Å². The summed E-state index contributed by atoms with van der Waals surface area (Å²) >= 11 is 6.22. The van der Waals surface area contributed by atoms with E-state index >= 15 is 0 Å². The van der Waals surface area contributed by atoms with Crippen molar-refractivity contribution in [2.24, 2.45) is 5.73 Å². The average Bonchev–Trinajstić information content (AvgIpc) is 2.30. The molecule has 0 aromatic heterocycles. The van der Waals surface area contributed by atoms with Crippen LogP contribution in [0.3, 0.4) is 0 Å². The fraction of sp³-hybridized carbons (Fsp3) is 0.400. The first-order valence-corrected chi connectivity index (χ1v) is 21.5. The zero-order chi connectivity index (χ0) is 12.4. The first-order valence-electron chi connectivity index (χ1n) is 4.60. The Morgan fingerprint density at radius 3 is 1.88 bits per heavy atom. The van der Waals surface area contributed by atoms with Gasteiger partial charge in [-0.05, 0) is 30.7 Å². The van der Waals surface area contributed by atoms with Crippen molar-refractivity contribution < 1.29 is 9.47 Å². The van der Waals surface area contributed by atoms with Gasteiger partial charge >= 0.3 is 43.4 Å². The Balaban J connectivity index is 0.000000673. The summed E-state index contributed by atoms with van der Waals surface area (Å²) in [4.78, 5) is 0. The molecule has 0 saturated carbocycles. The molecule has 1 aromatic rings. The Bertz CT molecular complexity index is 278. The van der Waals surface area contributed by atoms with Gasteiger partial charge in [0.1, 0.15) is 11.5 Å². The second kappa shape index (κ2) is 10.8. The maximum atomic E-state index is 5.46. The molecule has 0 amide bonds. The Morgan fingerprint density at radius 1 is 1.12 bits per heavy atom. The molecule has 0 atom stereocenters. The fourth-order valence-electron chi connectivity index (χ4n) is 1.18. The summed E-state index contributed by atoms with van der Waals surface area (Å²) in [7, 11) is 3.28. The predicted molar refractivity (Wildman–Crippen MR) is 75.9 cm³/mol. The molecule has 16 heavy (non-hydrogen) atoms. The Kier molecular flexibility index (Phi) is 11.2. The number of rotatable bonds is 4. The monoisotopic (exact) mass is 547 g/mol. The van der Waals surface area contributed by atoms with Crippen molar-refractivity contribution in [2.45, 2.75) is 6.42 Å². The first-order chi connectivity index (χ1) is 7.71. The van der Waals surface area contributed by atoms with Gasteiger partial charge in [-0.25, -0.2) is 0 Å². The van der Waals surface area contributed by atoms with Crippen LogP contribution in [0.25, 0.3) is 0 Å². The van der Waals surface area contributed by atoms with E-state index in [-0.39, 0.29) is 19.4 Å². The molecule has 1 rings (SSSR count). The molecule has 2 N–H and O–H groups in total. The van der Waals surface area contributed by atoms with Crippen LogP contribution in [-0.4, -0.2) is 40.2 Å². The molecule has 90 valence electrons. The van der Waals surface area contributed by atoms with Crippen molar-refractivity contribution in [1.29, 1.82) is 0 Å². The molecule has 6 heteroatoms. The Labute approximate surface area is 120 Å². The fourth-order valence-corrected chi connectivity index (χ4v) is 1.18. The van der Waals surface area contributed by atoms with Gasteiger partial charge in [0, 0.05) is 6.07 Å². The van der Waals surface area contributed by atoms with Crippen molar-refractivity contribution in [3.05, 3.63) is 23.8 Å². The van der Waals surface area contributed by atoms with Gasteiger partial charge in [0.2, 0.25) is 0 Å². The SMILES string of the molecule is COc1cc(CCN)cc(OC)c1.[Br][Pb][Br]. The summed E-state index contributed by atoms with van der Waals surface area (Å²) in [5.74, 6) is 1.62. The second-order valence-corrected chi connectivity index (χ2v) is 19.7. The van der Waals surface area contributed by atoms with Crippen LogP contribution >= 0.6 is 24.0 Å². The summed E-state index contributed by atoms with van der Waals surface area (Å²) in [6.45, 7) is 0.635. The molecular weight excluding hydrogens is 533 g/mol. The standard InChI is InChI=1S/C10H15NO2.2BrH.Pb/c1-12-9-5-8(3-4-11)6-10(7-9)13-2;;;/h5-7H,3-4,11H2,1-2H3;2*1H;/q;;;+2/p-2. The van der Waals surface area contributed by atoms with Gasteiger partial charge in [0.25, 0.3) is 0 Å². The van der Waals surface area contributed by atoms with E-state index in [1.165, 1.54) is 0 Å². The van der Waals surface area contributed by atoms with E-state index in [0.717, 1.165) is 23.5 Å². The van der Waals surface area contributed by atoms with Crippen LogP contribution in [-0.2, 0) is 6.42 Å². The Morgan fingerprint density at radius 2 is 1.56 bits per heavy atom. The van der Waals surface area contributed by atoms with Crippen LogP contribution in [0.5, 0.6) is 11.5 Å². The summed E-state index contributed by atoms with van der Waals surface area (Å²) in [5.41, 5.74) is 6.60. The average molecular weight is 548 g/mol. The molecule has 0 spiro atoms. The van der Waals surface area contributed by atoms with Crippen molar-refractivity contribution in [3.8, 4) is 11.5 Å². The zero-order valence-corrected chi connectivity index (χ0v) is 16.4. The topological polar surface area (TPSA) is 44.5 Å². The number of ether oxygens (including phenoxy) is 2. The van der Waals surface area contributed by atoms with Gasteiger partial charge in [-0.15, -0.1) is 0 Å². The zero-order valence-electron chi connectivity index (χ0n) is 9.30. The van der Waals surface area contributed by atoms with Crippen LogP contribution in [0.15, 0.2) is 18.2 Å². The summed E-state index contributed by atoms with van der Waals surface area (Å²) < 4.78 is 10.2. The third-order valence-electron chi connectivity index (χ3n) is 1.84. The number of hydrogen-bond donors (Lipinski definition) is 1. The molecule has 0 fully saturated rings. The van der Waals surface area contributed by atoms with Crippen LogP contribution in [0, 0.1) is 0 Å². The molecule has 0 aliphatic rings. The van der Waals surface area contributed by atoms with E-state index in [4.69, 9.17) is 15.2 Å².